The number of alkyl halides is 1. The van der Waals surface area contributed by atoms with Crippen molar-refractivity contribution in [3.8, 4) is 0 Å². The molecule has 0 aromatic carbocycles. The number of hydrogen-bond acceptors (Lipinski definition) is 11. The Balaban J connectivity index is 1.82. The van der Waals surface area contributed by atoms with Gasteiger partial charge in [-0.25, -0.2) is 0 Å². The summed E-state index contributed by atoms with van der Waals surface area (Å²) in [5.74, 6) is -4.39. The van der Waals surface area contributed by atoms with E-state index in [0.717, 1.165) is 0 Å². The Labute approximate surface area is 225 Å². The average Bonchev–Trinajstić information content (AvgIpc) is 3.54. The van der Waals surface area contributed by atoms with Gasteiger partial charge in [0, 0.05) is 26.7 Å². The van der Waals surface area contributed by atoms with Crippen LogP contribution in [0.25, 0.3) is 0 Å². The van der Waals surface area contributed by atoms with Gasteiger partial charge >= 0.3 is 23.9 Å². The maximum Gasteiger partial charge on any atom is 0.312 e. The van der Waals surface area contributed by atoms with Crippen LogP contribution in [-0.4, -0.2) is 88.8 Å². The minimum Gasteiger partial charge on any atom is -0.462 e. The van der Waals surface area contributed by atoms with E-state index >= 15 is 0 Å². The van der Waals surface area contributed by atoms with Crippen LogP contribution < -0.4 is 0 Å². The van der Waals surface area contributed by atoms with Gasteiger partial charge in [-0.2, -0.15) is 0 Å². The first-order valence-corrected chi connectivity index (χ1v) is 13.2. The lowest BCUT2D eigenvalue weighted by molar-refractivity contribution is -0.307. The number of hydrogen-bond donors (Lipinski definition) is 1. The minimum absolute atomic E-state index is 0.208. The maximum absolute atomic E-state index is 13.1. The van der Waals surface area contributed by atoms with Gasteiger partial charge in [-0.3, -0.25) is 19.2 Å². The highest BCUT2D eigenvalue weighted by molar-refractivity contribution is 6.23. The van der Waals surface area contributed by atoms with Gasteiger partial charge in [0.2, 0.25) is 0 Å². The van der Waals surface area contributed by atoms with Crippen LogP contribution in [0.4, 0.5) is 0 Å². The molecule has 4 aliphatic heterocycles. The average molecular weight is 557 g/mol. The molecule has 5 fully saturated rings. The van der Waals surface area contributed by atoms with Gasteiger partial charge in [-0.15, -0.1) is 11.6 Å². The van der Waals surface area contributed by atoms with Gasteiger partial charge in [-0.05, 0) is 25.3 Å². The van der Waals surface area contributed by atoms with Crippen molar-refractivity contribution in [1.29, 1.82) is 0 Å². The van der Waals surface area contributed by atoms with E-state index in [-0.39, 0.29) is 12.2 Å². The summed E-state index contributed by atoms with van der Waals surface area (Å²) in [5.41, 5.74) is -3.71. The van der Waals surface area contributed by atoms with E-state index in [0.29, 0.717) is 12.8 Å². The second-order valence-electron chi connectivity index (χ2n) is 11.3. The topological polar surface area (TPSA) is 147 Å². The van der Waals surface area contributed by atoms with E-state index in [2.05, 4.69) is 6.58 Å². The molecular weight excluding hydrogens is 524 g/mol. The Bertz CT molecular complexity index is 1090. The number of epoxide rings is 1. The molecule has 5 aliphatic rings. The molecule has 4 heterocycles. The molecule has 38 heavy (non-hydrogen) atoms. The number of carbonyl (C=O) groups excluding carboxylic acids is 4. The predicted octanol–water partition coefficient (Wildman–Crippen LogP) is 1.20. The van der Waals surface area contributed by atoms with Crippen LogP contribution in [0, 0.1) is 17.3 Å². The predicted molar refractivity (Wildman–Crippen MR) is 128 cm³/mol. The molecule has 0 unspecified atom stereocenters. The Kier molecular flexibility index (Phi) is 6.41. The summed E-state index contributed by atoms with van der Waals surface area (Å²) < 4.78 is 35.9. The van der Waals surface area contributed by atoms with Crippen molar-refractivity contribution < 1.29 is 52.7 Å². The third kappa shape index (κ3) is 3.65. The molecule has 12 atom stereocenters. The molecule has 2 spiro atoms. The molecule has 0 amide bonds. The largest absolute Gasteiger partial charge is 0.462 e. The fraction of sp³-hybridized carbons (Fsp3) is 0.769. The molecule has 1 aliphatic carbocycles. The number of rotatable bonds is 3. The second-order valence-corrected chi connectivity index (χ2v) is 11.8. The first kappa shape index (κ1) is 27.4. The molecule has 0 radical (unpaired) electrons. The second kappa shape index (κ2) is 8.90. The van der Waals surface area contributed by atoms with E-state index in [1.54, 1.807) is 13.8 Å². The van der Waals surface area contributed by atoms with E-state index in [4.69, 9.17) is 40.0 Å². The Hall–Kier alpha value is -2.21. The molecule has 1 N–H and O–H groups in total. The third-order valence-corrected chi connectivity index (χ3v) is 9.69. The lowest BCUT2D eigenvalue weighted by Crippen LogP contribution is -2.77. The molecule has 5 rings (SSSR count). The summed E-state index contributed by atoms with van der Waals surface area (Å²) in [6.45, 7) is 11.3. The third-order valence-electron chi connectivity index (χ3n) is 9.19. The van der Waals surface area contributed by atoms with Crippen LogP contribution in [0.1, 0.15) is 47.5 Å². The van der Waals surface area contributed by atoms with Crippen LogP contribution in [0.15, 0.2) is 12.2 Å². The van der Waals surface area contributed by atoms with Gasteiger partial charge in [0.15, 0.2) is 11.7 Å². The van der Waals surface area contributed by atoms with Crippen LogP contribution in [0.2, 0.25) is 0 Å². The quantitative estimate of drug-likeness (QED) is 0.176. The fourth-order valence-electron chi connectivity index (χ4n) is 7.49. The Morgan fingerprint density at radius 2 is 1.66 bits per heavy atom. The molecule has 210 valence electrons. The van der Waals surface area contributed by atoms with Crippen LogP contribution in [-0.2, 0) is 47.6 Å². The van der Waals surface area contributed by atoms with Crippen LogP contribution in [0.5, 0.6) is 0 Å². The zero-order valence-corrected chi connectivity index (χ0v) is 22.7. The molecule has 12 heteroatoms. The number of esters is 4. The van der Waals surface area contributed by atoms with Crippen molar-refractivity contribution in [2.75, 3.05) is 6.61 Å². The molecule has 0 aromatic rings. The van der Waals surface area contributed by atoms with Crippen molar-refractivity contribution in [2.45, 2.75) is 101 Å². The molecule has 1 saturated carbocycles. The first-order valence-electron chi connectivity index (χ1n) is 12.8. The summed E-state index contributed by atoms with van der Waals surface area (Å²) >= 11 is 6.82. The lowest BCUT2D eigenvalue weighted by Gasteiger charge is -2.62. The number of ether oxygens (including phenoxy) is 6. The van der Waals surface area contributed by atoms with Gasteiger partial charge in [-0.1, -0.05) is 13.5 Å². The van der Waals surface area contributed by atoms with Gasteiger partial charge in [0.05, 0.1) is 28.9 Å². The summed E-state index contributed by atoms with van der Waals surface area (Å²) in [6.07, 6.45) is -6.55. The van der Waals surface area contributed by atoms with E-state index in [1.165, 1.54) is 20.8 Å². The van der Waals surface area contributed by atoms with Crippen molar-refractivity contribution in [1.82, 2.24) is 0 Å². The highest BCUT2D eigenvalue weighted by atomic mass is 35.5. The van der Waals surface area contributed by atoms with Crippen LogP contribution >= 0.6 is 11.6 Å². The van der Waals surface area contributed by atoms with Crippen molar-refractivity contribution in [3.63, 3.8) is 0 Å². The molecular formula is C26H33ClO11. The van der Waals surface area contributed by atoms with Crippen molar-refractivity contribution in [2.24, 2.45) is 17.3 Å². The number of halogens is 1. The van der Waals surface area contributed by atoms with Crippen LogP contribution in [0.3, 0.4) is 0 Å². The Morgan fingerprint density at radius 3 is 2.21 bits per heavy atom. The number of carbonyl (C=O) groups is 4. The van der Waals surface area contributed by atoms with Crippen molar-refractivity contribution in [3.05, 3.63) is 12.2 Å². The normalized spacial score (nSPS) is 49.1. The fourth-order valence-corrected chi connectivity index (χ4v) is 7.87. The lowest BCUT2D eigenvalue weighted by atomic mass is 9.51. The minimum atomic E-state index is -1.65. The number of aliphatic hydroxyl groups excluding tert-OH is 1. The molecule has 0 aromatic heterocycles. The first-order chi connectivity index (χ1) is 17.7. The van der Waals surface area contributed by atoms with Crippen molar-refractivity contribution >= 4 is 35.5 Å². The van der Waals surface area contributed by atoms with Gasteiger partial charge < -0.3 is 33.5 Å². The zero-order chi connectivity index (χ0) is 27.9. The van der Waals surface area contributed by atoms with Gasteiger partial charge in [0.25, 0.3) is 0 Å². The summed E-state index contributed by atoms with van der Waals surface area (Å²) in [4.78, 5) is 50.4. The summed E-state index contributed by atoms with van der Waals surface area (Å²) in [5, 5.41) is 10.9. The zero-order valence-electron chi connectivity index (χ0n) is 21.9. The van der Waals surface area contributed by atoms with E-state index < -0.39 is 94.3 Å². The number of fused-ring (bicyclic) bond motifs is 3. The highest BCUT2D eigenvalue weighted by Gasteiger charge is 2.79. The smallest absolute Gasteiger partial charge is 0.312 e. The standard InChI is InChI=1S/C26H33ClO11/c1-10-16(27)20-26(11(2)23(32)37-20)22(36-14(5)30)19-24(6,21(35-13(4)29)17(31)18(10)38-26)15(34-12(3)28)7-8-25(19)9-33-25/h11,15-22,31H,1,7-9H2,2-6H3/t11-,15-,16-,17+,18-,19+,20-,21-,22-,24-,25-,26-/m0/s1. The molecule has 2 bridgehead atoms. The monoisotopic (exact) mass is 556 g/mol. The highest BCUT2D eigenvalue weighted by Crippen LogP contribution is 2.65. The van der Waals surface area contributed by atoms with Gasteiger partial charge in [0.1, 0.15) is 30.5 Å². The Morgan fingerprint density at radius 1 is 1.08 bits per heavy atom. The van der Waals surface area contributed by atoms with E-state index in [9.17, 15) is 24.3 Å². The number of aliphatic hydroxyl groups is 1. The maximum atomic E-state index is 13.1. The molecule has 11 nitrogen and oxygen atoms in total. The summed E-state index contributed by atoms with van der Waals surface area (Å²) in [6, 6.07) is 0. The summed E-state index contributed by atoms with van der Waals surface area (Å²) in [7, 11) is 0. The SMILES string of the molecule is C=C1[C@H](Cl)[C@@H]2OC(=O)[C@H](C)[C@]23O[C@@H]1[C@@H](O)[C@H](OC(C)=O)[C@@]1(C)[C@@H](OC(C)=O)CC[C@]2(CO2)[C@@H]1[C@@H]3OC(C)=O. The van der Waals surface area contributed by atoms with E-state index in [1.807, 2.05) is 0 Å². The molecule has 4 saturated heterocycles.